The fourth-order valence-corrected chi connectivity index (χ4v) is 3.30. The highest BCUT2D eigenvalue weighted by molar-refractivity contribution is 9.10. The Morgan fingerprint density at radius 3 is 2.95 bits per heavy atom. The van der Waals surface area contributed by atoms with Gasteiger partial charge in [0.25, 0.3) is 0 Å². The average molecular weight is 347 g/mol. The normalized spacial score (nSPS) is 23.8. The summed E-state index contributed by atoms with van der Waals surface area (Å²) < 4.78 is 7.00. The highest BCUT2D eigenvalue weighted by Gasteiger charge is 2.28. The van der Waals surface area contributed by atoms with Gasteiger partial charge in [-0.3, -0.25) is 0 Å². The second kappa shape index (κ2) is 7.07. The van der Waals surface area contributed by atoms with Crippen molar-refractivity contribution < 1.29 is 4.74 Å². The first-order valence-corrected chi connectivity index (χ1v) is 8.05. The molecule has 2 unspecified atom stereocenters. The van der Waals surface area contributed by atoms with Crippen LogP contribution in [-0.4, -0.2) is 19.2 Å². The Kier molecular flexibility index (Phi) is 5.70. The number of nitrogens with one attached hydrogen (secondary N) is 1. The first-order valence-electron chi connectivity index (χ1n) is 6.88. The topological polar surface area (TPSA) is 21.3 Å². The maximum atomic E-state index is 6.36. The van der Waals surface area contributed by atoms with Gasteiger partial charge in [-0.05, 0) is 30.5 Å². The van der Waals surface area contributed by atoms with Gasteiger partial charge < -0.3 is 10.1 Å². The smallest absolute Gasteiger partial charge is 0.0879 e. The van der Waals surface area contributed by atoms with Crippen LogP contribution in [0.3, 0.4) is 0 Å². The van der Waals surface area contributed by atoms with Crippen LogP contribution in [-0.2, 0) is 4.74 Å². The molecule has 0 aliphatic carbocycles. The van der Waals surface area contributed by atoms with Crippen LogP contribution in [0, 0.1) is 5.92 Å². The minimum absolute atomic E-state index is 0.112. The molecule has 19 heavy (non-hydrogen) atoms. The molecular weight excluding hydrogens is 326 g/mol. The highest BCUT2D eigenvalue weighted by Crippen LogP contribution is 2.37. The van der Waals surface area contributed by atoms with E-state index in [1.54, 1.807) is 0 Å². The highest BCUT2D eigenvalue weighted by atomic mass is 79.9. The minimum Gasteiger partial charge on any atom is -0.373 e. The summed E-state index contributed by atoms with van der Waals surface area (Å²) in [7, 11) is 0. The first-order chi connectivity index (χ1) is 9.08. The molecule has 1 N–H and O–H groups in total. The molecule has 4 heteroatoms. The summed E-state index contributed by atoms with van der Waals surface area (Å²) in [6.45, 7) is 6.15. The molecule has 1 aromatic rings. The molecule has 0 bridgehead atoms. The molecule has 0 saturated carbocycles. The minimum atomic E-state index is 0.112. The van der Waals surface area contributed by atoms with Gasteiger partial charge in [-0.15, -0.1) is 0 Å². The van der Waals surface area contributed by atoms with Gasteiger partial charge in [-0.1, -0.05) is 47.4 Å². The van der Waals surface area contributed by atoms with Gasteiger partial charge in [0.05, 0.1) is 6.10 Å². The molecule has 0 amide bonds. The molecule has 1 aromatic carbocycles. The maximum Gasteiger partial charge on any atom is 0.0879 e. The van der Waals surface area contributed by atoms with Crippen molar-refractivity contribution in [2.45, 2.75) is 38.8 Å². The van der Waals surface area contributed by atoms with Crippen molar-refractivity contribution in [1.82, 2.24) is 5.32 Å². The Morgan fingerprint density at radius 2 is 2.26 bits per heavy atom. The van der Waals surface area contributed by atoms with Crippen LogP contribution >= 0.6 is 27.5 Å². The molecule has 2 rings (SSSR count). The number of halogens is 2. The van der Waals surface area contributed by atoms with E-state index in [2.05, 4.69) is 41.2 Å². The maximum absolute atomic E-state index is 6.36. The van der Waals surface area contributed by atoms with E-state index < -0.39 is 0 Å². The molecule has 0 aromatic heterocycles. The zero-order valence-corrected chi connectivity index (χ0v) is 13.8. The third kappa shape index (κ3) is 4.19. The van der Waals surface area contributed by atoms with Crippen molar-refractivity contribution in [2.75, 3.05) is 13.2 Å². The van der Waals surface area contributed by atoms with Crippen LogP contribution in [0.15, 0.2) is 22.7 Å². The predicted octanol–water partition coefficient (Wildman–Crippen LogP) is 4.57. The van der Waals surface area contributed by atoms with Gasteiger partial charge in [0, 0.05) is 34.6 Å². The Morgan fingerprint density at radius 1 is 1.47 bits per heavy atom. The van der Waals surface area contributed by atoms with Crippen LogP contribution < -0.4 is 5.32 Å². The van der Waals surface area contributed by atoms with E-state index in [0.29, 0.717) is 12.0 Å². The van der Waals surface area contributed by atoms with Crippen molar-refractivity contribution in [3.63, 3.8) is 0 Å². The molecule has 1 heterocycles. The molecule has 1 aliphatic rings. The van der Waals surface area contributed by atoms with E-state index in [4.69, 9.17) is 16.3 Å². The summed E-state index contributed by atoms with van der Waals surface area (Å²) in [5.74, 6) is 0.495. The molecule has 106 valence electrons. The van der Waals surface area contributed by atoms with Gasteiger partial charge in [0.2, 0.25) is 0 Å². The van der Waals surface area contributed by atoms with E-state index in [-0.39, 0.29) is 6.10 Å². The van der Waals surface area contributed by atoms with Crippen LogP contribution in [0.4, 0.5) is 0 Å². The fourth-order valence-electron chi connectivity index (χ4n) is 2.52. The molecule has 0 radical (unpaired) electrons. The zero-order valence-electron chi connectivity index (χ0n) is 11.5. The second-order valence-electron chi connectivity index (χ2n) is 5.42. The van der Waals surface area contributed by atoms with Crippen LogP contribution in [0.25, 0.3) is 0 Å². The predicted molar refractivity (Wildman–Crippen MR) is 83.7 cm³/mol. The first kappa shape index (κ1) is 15.3. The van der Waals surface area contributed by atoms with E-state index in [0.717, 1.165) is 34.6 Å². The number of hydrogen-bond donors (Lipinski definition) is 1. The van der Waals surface area contributed by atoms with Crippen molar-refractivity contribution >= 4 is 27.5 Å². The number of benzene rings is 1. The van der Waals surface area contributed by atoms with E-state index >= 15 is 0 Å². The summed E-state index contributed by atoms with van der Waals surface area (Å²) in [5.41, 5.74) is 1.11. The quantitative estimate of drug-likeness (QED) is 0.862. The van der Waals surface area contributed by atoms with E-state index in [1.807, 2.05) is 12.1 Å². The lowest BCUT2D eigenvalue weighted by molar-refractivity contribution is -0.0281. The van der Waals surface area contributed by atoms with Gasteiger partial charge in [-0.25, -0.2) is 0 Å². The number of hydrogen-bond acceptors (Lipinski definition) is 2. The Labute approximate surface area is 129 Å². The Balaban J connectivity index is 2.14. The largest absolute Gasteiger partial charge is 0.373 e. The van der Waals surface area contributed by atoms with Crippen LogP contribution in [0.1, 0.15) is 38.4 Å². The lowest BCUT2D eigenvalue weighted by atomic mass is 9.89. The second-order valence-corrected chi connectivity index (χ2v) is 6.75. The Hall–Kier alpha value is -0.0900. The van der Waals surface area contributed by atoms with Crippen LogP contribution in [0.2, 0.25) is 5.02 Å². The van der Waals surface area contributed by atoms with Crippen LogP contribution in [0.5, 0.6) is 0 Å². The number of rotatable bonds is 4. The summed E-state index contributed by atoms with van der Waals surface area (Å²) in [6.07, 6.45) is 2.44. The molecule has 1 saturated heterocycles. The lowest BCUT2D eigenvalue weighted by Crippen LogP contribution is -2.35. The SMILES string of the molecule is CC(C)NCC1CCCOC1c1ccc(Br)cc1Cl. The molecular formula is C15H21BrClNO. The number of ether oxygens (including phenoxy) is 1. The molecule has 1 aliphatic heterocycles. The van der Waals surface area contributed by atoms with Crippen molar-refractivity contribution in [2.24, 2.45) is 5.92 Å². The van der Waals surface area contributed by atoms with Gasteiger partial charge in [-0.2, -0.15) is 0 Å². The molecule has 2 nitrogen and oxygen atoms in total. The average Bonchev–Trinajstić information content (AvgIpc) is 2.37. The van der Waals surface area contributed by atoms with Crippen molar-refractivity contribution in [3.8, 4) is 0 Å². The molecule has 2 atom stereocenters. The zero-order chi connectivity index (χ0) is 13.8. The summed E-state index contributed by atoms with van der Waals surface area (Å²) in [6, 6.07) is 6.56. The fraction of sp³-hybridized carbons (Fsp3) is 0.600. The van der Waals surface area contributed by atoms with Gasteiger partial charge in [0.1, 0.15) is 0 Å². The third-order valence-corrected chi connectivity index (χ3v) is 4.32. The summed E-state index contributed by atoms with van der Waals surface area (Å²) in [4.78, 5) is 0. The molecule has 1 fully saturated rings. The molecule has 0 spiro atoms. The van der Waals surface area contributed by atoms with Crippen molar-refractivity contribution in [1.29, 1.82) is 0 Å². The van der Waals surface area contributed by atoms with Crippen molar-refractivity contribution in [3.05, 3.63) is 33.3 Å². The lowest BCUT2D eigenvalue weighted by Gasteiger charge is -2.33. The Bertz CT molecular complexity index is 425. The summed E-state index contributed by atoms with van der Waals surface area (Å²) in [5, 5.41) is 4.30. The van der Waals surface area contributed by atoms with Gasteiger partial charge in [0.15, 0.2) is 0 Å². The monoisotopic (exact) mass is 345 g/mol. The van der Waals surface area contributed by atoms with E-state index in [1.165, 1.54) is 6.42 Å². The van der Waals surface area contributed by atoms with Gasteiger partial charge >= 0.3 is 0 Å². The van der Waals surface area contributed by atoms with E-state index in [9.17, 15) is 0 Å². The standard InChI is InChI=1S/C15H21BrClNO/c1-10(2)18-9-11-4-3-7-19-15(11)13-6-5-12(16)8-14(13)17/h5-6,8,10-11,15,18H,3-4,7,9H2,1-2H3. The third-order valence-electron chi connectivity index (χ3n) is 3.50. The summed E-state index contributed by atoms with van der Waals surface area (Å²) >= 11 is 9.81.